The molecular formula is C9H12N2O2. The lowest BCUT2D eigenvalue weighted by Crippen LogP contribution is -2.16. The van der Waals surface area contributed by atoms with Crippen LogP contribution in [0.2, 0.25) is 0 Å². The third-order valence-electron chi connectivity index (χ3n) is 2.59. The standard InChI is InChI=1S/C9H12N2O2/c12-9(13)4-6-1-2-7-5-10-11-8(7)3-6/h5-6H,1-4H2,(H,10,11)(H,12,13). The molecule has 1 heterocycles. The number of aliphatic carboxylic acids is 1. The fraction of sp³-hybridized carbons (Fsp3) is 0.556. The highest BCUT2D eigenvalue weighted by Gasteiger charge is 2.21. The van der Waals surface area contributed by atoms with Crippen LogP contribution < -0.4 is 0 Å². The molecule has 0 aromatic carbocycles. The van der Waals surface area contributed by atoms with Crippen LogP contribution in [-0.4, -0.2) is 21.3 Å². The van der Waals surface area contributed by atoms with Crippen molar-refractivity contribution in [2.24, 2.45) is 5.92 Å². The lowest BCUT2D eigenvalue weighted by molar-refractivity contribution is -0.138. The Balaban J connectivity index is 2.04. The highest BCUT2D eigenvalue weighted by molar-refractivity contribution is 5.67. The zero-order valence-electron chi connectivity index (χ0n) is 7.29. The number of hydrogen-bond acceptors (Lipinski definition) is 2. The summed E-state index contributed by atoms with van der Waals surface area (Å²) >= 11 is 0. The van der Waals surface area contributed by atoms with Crippen molar-refractivity contribution in [1.29, 1.82) is 0 Å². The second-order valence-corrected chi connectivity index (χ2v) is 3.58. The highest BCUT2D eigenvalue weighted by Crippen LogP contribution is 2.25. The second kappa shape index (κ2) is 3.20. The number of aromatic amines is 1. The lowest BCUT2D eigenvalue weighted by atomic mass is 9.86. The van der Waals surface area contributed by atoms with E-state index in [1.807, 2.05) is 6.20 Å². The molecule has 0 aliphatic heterocycles. The molecule has 1 unspecified atom stereocenters. The molecule has 0 bridgehead atoms. The zero-order valence-corrected chi connectivity index (χ0v) is 7.29. The SMILES string of the molecule is O=C(O)CC1CCc2cn[nH]c2C1. The summed E-state index contributed by atoms with van der Waals surface area (Å²) < 4.78 is 0. The van der Waals surface area contributed by atoms with Gasteiger partial charge in [-0.05, 0) is 30.7 Å². The number of carboxylic acid groups (broad SMARTS) is 1. The summed E-state index contributed by atoms with van der Waals surface area (Å²) in [4.78, 5) is 10.5. The van der Waals surface area contributed by atoms with Crippen LogP contribution >= 0.6 is 0 Å². The van der Waals surface area contributed by atoms with Crippen LogP contribution in [-0.2, 0) is 17.6 Å². The predicted molar refractivity (Wildman–Crippen MR) is 46.4 cm³/mol. The van der Waals surface area contributed by atoms with E-state index >= 15 is 0 Å². The van der Waals surface area contributed by atoms with Gasteiger partial charge in [0.25, 0.3) is 0 Å². The van der Waals surface area contributed by atoms with E-state index < -0.39 is 5.97 Å². The monoisotopic (exact) mass is 180 g/mol. The van der Waals surface area contributed by atoms with Gasteiger partial charge in [0.05, 0.1) is 6.20 Å². The summed E-state index contributed by atoms with van der Waals surface area (Å²) in [6.45, 7) is 0. The predicted octanol–water partition coefficient (Wildman–Crippen LogP) is 0.989. The molecule has 0 amide bonds. The van der Waals surface area contributed by atoms with Crippen molar-refractivity contribution in [2.45, 2.75) is 25.7 Å². The number of carboxylic acids is 1. The number of carbonyl (C=O) groups is 1. The van der Waals surface area contributed by atoms with Crippen molar-refractivity contribution in [3.63, 3.8) is 0 Å². The molecule has 1 aliphatic rings. The molecule has 1 atom stereocenters. The molecule has 0 saturated heterocycles. The van der Waals surface area contributed by atoms with Gasteiger partial charge < -0.3 is 5.11 Å². The number of hydrogen-bond donors (Lipinski definition) is 2. The van der Waals surface area contributed by atoms with Gasteiger partial charge in [-0.3, -0.25) is 9.89 Å². The quantitative estimate of drug-likeness (QED) is 0.713. The minimum atomic E-state index is -0.701. The van der Waals surface area contributed by atoms with E-state index in [-0.39, 0.29) is 12.3 Å². The van der Waals surface area contributed by atoms with Gasteiger partial charge in [-0.1, -0.05) is 0 Å². The molecule has 2 N–H and O–H groups in total. The average molecular weight is 180 g/mol. The Bertz CT molecular complexity index is 319. The maximum absolute atomic E-state index is 10.5. The van der Waals surface area contributed by atoms with Crippen molar-refractivity contribution in [3.05, 3.63) is 17.5 Å². The fourth-order valence-corrected chi connectivity index (χ4v) is 1.90. The van der Waals surface area contributed by atoms with Gasteiger partial charge >= 0.3 is 5.97 Å². The summed E-state index contributed by atoms with van der Waals surface area (Å²) in [7, 11) is 0. The number of aromatic nitrogens is 2. The molecule has 1 aromatic rings. The van der Waals surface area contributed by atoms with Crippen molar-refractivity contribution in [3.8, 4) is 0 Å². The Morgan fingerprint density at radius 1 is 1.77 bits per heavy atom. The van der Waals surface area contributed by atoms with Crippen molar-refractivity contribution >= 4 is 5.97 Å². The Morgan fingerprint density at radius 2 is 2.62 bits per heavy atom. The zero-order chi connectivity index (χ0) is 9.26. The number of nitrogens with one attached hydrogen (secondary N) is 1. The number of fused-ring (bicyclic) bond motifs is 1. The normalized spacial score (nSPS) is 21.1. The molecule has 0 saturated carbocycles. The van der Waals surface area contributed by atoms with Gasteiger partial charge in [0.15, 0.2) is 0 Å². The summed E-state index contributed by atoms with van der Waals surface area (Å²) in [5, 5.41) is 15.5. The van der Waals surface area contributed by atoms with E-state index in [1.165, 1.54) is 5.56 Å². The Kier molecular flexibility index (Phi) is 2.04. The number of rotatable bonds is 2. The molecule has 70 valence electrons. The molecule has 0 fully saturated rings. The van der Waals surface area contributed by atoms with Gasteiger partial charge in [0.2, 0.25) is 0 Å². The summed E-state index contributed by atoms with van der Waals surface area (Å²) in [6.07, 6.45) is 4.88. The van der Waals surface area contributed by atoms with E-state index in [0.29, 0.717) is 0 Å². The Labute approximate surface area is 76.0 Å². The maximum atomic E-state index is 10.5. The first kappa shape index (κ1) is 8.29. The van der Waals surface area contributed by atoms with Crippen LogP contribution in [0.1, 0.15) is 24.1 Å². The molecular weight excluding hydrogens is 168 g/mol. The Hall–Kier alpha value is -1.32. The maximum Gasteiger partial charge on any atom is 0.303 e. The van der Waals surface area contributed by atoms with Crippen molar-refractivity contribution in [2.75, 3.05) is 0 Å². The number of aryl methyl sites for hydroxylation is 1. The molecule has 1 aliphatic carbocycles. The van der Waals surface area contributed by atoms with Crippen LogP contribution in [0.25, 0.3) is 0 Å². The molecule has 1 aromatic heterocycles. The fourth-order valence-electron chi connectivity index (χ4n) is 1.90. The van der Waals surface area contributed by atoms with Crippen LogP contribution in [0, 0.1) is 5.92 Å². The first-order valence-corrected chi connectivity index (χ1v) is 4.48. The van der Waals surface area contributed by atoms with Gasteiger partial charge in [-0.15, -0.1) is 0 Å². The van der Waals surface area contributed by atoms with E-state index in [0.717, 1.165) is 25.0 Å². The van der Waals surface area contributed by atoms with Crippen LogP contribution in [0.5, 0.6) is 0 Å². The van der Waals surface area contributed by atoms with Gasteiger partial charge in [-0.25, -0.2) is 0 Å². The Morgan fingerprint density at radius 3 is 3.38 bits per heavy atom. The third kappa shape index (κ3) is 1.71. The van der Waals surface area contributed by atoms with E-state index in [4.69, 9.17) is 5.11 Å². The van der Waals surface area contributed by atoms with Crippen molar-refractivity contribution in [1.82, 2.24) is 10.2 Å². The summed E-state index contributed by atoms with van der Waals surface area (Å²) in [6, 6.07) is 0. The first-order chi connectivity index (χ1) is 6.25. The molecule has 2 rings (SSSR count). The molecule has 0 radical (unpaired) electrons. The van der Waals surface area contributed by atoms with E-state index in [9.17, 15) is 4.79 Å². The van der Waals surface area contributed by atoms with Crippen LogP contribution in [0.3, 0.4) is 0 Å². The van der Waals surface area contributed by atoms with E-state index in [1.54, 1.807) is 0 Å². The summed E-state index contributed by atoms with van der Waals surface area (Å²) in [5.41, 5.74) is 2.37. The first-order valence-electron chi connectivity index (χ1n) is 4.48. The minimum absolute atomic E-state index is 0.276. The topological polar surface area (TPSA) is 66.0 Å². The summed E-state index contributed by atoms with van der Waals surface area (Å²) in [5.74, 6) is -0.418. The van der Waals surface area contributed by atoms with Crippen molar-refractivity contribution < 1.29 is 9.90 Å². The second-order valence-electron chi connectivity index (χ2n) is 3.58. The number of H-pyrrole nitrogens is 1. The highest BCUT2D eigenvalue weighted by atomic mass is 16.4. The largest absolute Gasteiger partial charge is 0.481 e. The van der Waals surface area contributed by atoms with Gasteiger partial charge in [0, 0.05) is 12.1 Å². The van der Waals surface area contributed by atoms with Crippen LogP contribution in [0.15, 0.2) is 6.20 Å². The van der Waals surface area contributed by atoms with Crippen LogP contribution in [0.4, 0.5) is 0 Å². The molecule has 13 heavy (non-hydrogen) atoms. The van der Waals surface area contributed by atoms with Gasteiger partial charge in [0.1, 0.15) is 0 Å². The molecule has 4 nitrogen and oxygen atoms in total. The minimum Gasteiger partial charge on any atom is -0.481 e. The smallest absolute Gasteiger partial charge is 0.303 e. The molecule has 0 spiro atoms. The lowest BCUT2D eigenvalue weighted by Gasteiger charge is -2.19. The molecule has 4 heteroatoms. The van der Waals surface area contributed by atoms with Gasteiger partial charge in [-0.2, -0.15) is 5.10 Å². The third-order valence-corrected chi connectivity index (χ3v) is 2.59. The van der Waals surface area contributed by atoms with E-state index in [2.05, 4.69) is 10.2 Å². The number of nitrogens with zero attached hydrogens (tertiary/aromatic N) is 1. The average Bonchev–Trinajstić information content (AvgIpc) is 2.49.